The van der Waals surface area contributed by atoms with Crippen molar-refractivity contribution in [2.24, 2.45) is 0 Å². The van der Waals surface area contributed by atoms with Crippen LogP contribution in [0.1, 0.15) is 35.3 Å². The van der Waals surface area contributed by atoms with Crippen LogP contribution in [0.15, 0.2) is 91.0 Å². The van der Waals surface area contributed by atoms with Gasteiger partial charge >= 0.3 is 0 Å². The van der Waals surface area contributed by atoms with Gasteiger partial charge in [0.15, 0.2) is 0 Å². The first-order valence-corrected chi connectivity index (χ1v) is 16.6. The number of hydrogen-bond donors (Lipinski definition) is 0. The van der Waals surface area contributed by atoms with Crippen LogP contribution in [-0.2, 0) is 0 Å². The summed E-state index contributed by atoms with van der Waals surface area (Å²) in [4.78, 5) is 2.80. The van der Waals surface area contributed by atoms with Crippen molar-refractivity contribution in [2.75, 3.05) is 0 Å². The molecule has 0 radical (unpaired) electrons. The van der Waals surface area contributed by atoms with Crippen LogP contribution < -0.4 is 0 Å². The fourth-order valence-electron chi connectivity index (χ4n) is 6.19. The van der Waals surface area contributed by atoms with Crippen LogP contribution >= 0.6 is 45.3 Å². The molecule has 4 aromatic carbocycles. The molecule has 0 aliphatic heterocycles. The monoisotopic (exact) mass is 570 g/mol. The van der Waals surface area contributed by atoms with Crippen molar-refractivity contribution in [3.05, 3.63) is 107 Å². The summed E-state index contributed by atoms with van der Waals surface area (Å²) in [7, 11) is 0. The zero-order valence-corrected chi connectivity index (χ0v) is 24.4. The lowest BCUT2D eigenvalue weighted by Gasteiger charge is -2.22. The first kappa shape index (κ1) is 22.5. The maximum Gasteiger partial charge on any atom is 0.0536 e. The average molecular weight is 571 g/mol. The predicted molar refractivity (Wildman–Crippen MR) is 178 cm³/mol. The van der Waals surface area contributed by atoms with Crippen molar-refractivity contribution in [3.63, 3.8) is 0 Å². The zero-order chi connectivity index (χ0) is 25.7. The Hall–Kier alpha value is -3.28. The van der Waals surface area contributed by atoms with Crippen molar-refractivity contribution in [3.8, 4) is 10.4 Å². The molecular formula is C35H22S4. The summed E-state index contributed by atoms with van der Waals surface area (Å²) in [5, 5.41) is 5.44. The third-order valence-electron chi connectivity index (χ3n) is 8.14. The molecule has 0 fully saturated rings. The van der Waals surface area contributed by atoms with Gasteiger partial charge < -0.3 is 0 Å². The Morgan fingerprint density at radius 3 is 2.05 bits per heavy atom. The number of fused-ring (bicyclic) bond motifs is 8. The number of thiophene rings is 4. The van der Waals surface area contributed by atoms with Gasteiger partial charge in [0.1, 0.15) is 0 Å². The van der Waals surface area contributed by atoms with Crippen LogP contribution in [0.25, 0.3) is 71.8 Å². The van der Waals surface area contributed by atoms with Crippen LogP contribution in [-0.4, -0.2) is 0 Å². The van der Waals surface area contributed by atoms with Gasteiger partial charge in [0.2, 0.25) is 0 Å². The third-order valence-corrected chi connectivity index (χ3v) is 13.1. The Bertz CT molecular complexity index is 2280. The molecule has 186 valence electrons. The molecule has 1 atom stereocenters. The van der Waals surface area contributed by atoms with E-state index in [1.165, 1.54) is 81.8 Å². The molecule has 0 nitrogen and oxygen atoms in total. The van der Waals surface area contributed by atoms with Gasteiger partial charge in [-0.2, -0.15) is 0 Å². The van der Waals surface area contributed by atoms with E-state index in [0.29, 0.717) is 5.92 Å². The van der Waals surface area contributed by atoms with E-state index in [1.807, 2.05) is 45.3 Å². The van der Waals surface area contributed by atoms with Gasteiger partial charge in [0.05, 0.1) is 9.40 Å². The van der Waals surface area contributed by atoms with Crippen molar-refractivity contribution in [2.45, 2.75) is 19.3 Å². The number of allylic oxidation sites excluding steroid dienone is 1. The molecular weight excluding hydrogens is 549 g/mol. The Morgan fingerprint density at radius 2 is 1.26 bits per heavy atom. The molecule has 0 amide bonds. The molecule has 4 heterocycles. The summed E-state index contributed by atoms with van der Waals surface area (Å²) in [6, 6.07) is 34.1. The fraction of sp³-hybridized carbons (Fsp3) is 0.0857. The van der Waals surface area contributed by atoms with Crippen molar-refractivity contribution < 1.29 is 0 Å². The van der Waals surface area contributed by atoms with Crippen LogP contribution in [0, 0.1) is 0 Å². The first-order valence-electron chi connectivity index (χ1n) is 13.3. The summed E-state index contributed by atoms with van der Waals surface area (Å²) in [6.45, 7) is 2.36. The van der Waals surface area contributed by atoms with E-state index in [9.17, 15) is 0 Å². The van der Waals surface area contributed by atoms with Gasteiger partial charge in [-0.25, -0.2) is 0 Å². The van der Waals surface area contributed by atoms with E-state index in [2.05, 4.69) is 104 Å². The molecule has 8 aromatic rings. The molecule has 0 saturated carbocycles. The second-order valence-corrected chi connectivity index (χ2v) is 14.9. The molecule has 9 rings (SSSR count). The highest BCUT2D eigenvalue weighted by atomic mass is 32.1. The summed E-state index contributed by atoms with van der Waals surface area (Å²) in [5.41, 5.74) is 5.67. The van der Waals surface area contributed by atoms with Gasteiger partial charge in [-0.05, 0) is 75.7 Å². The van der Waals surface area contributed by atoms with Gasteiger partial charge in [0, 0.05) is 39.3 Å². The SMILES string of the molecule is CC1CC(c2cc3sc4cc5c(cc4c3s2)sc2cc(-c3ccc4ccccc4c3)sc25)=Cc2ccccc21. The largest absolute Gasteiger partial charge is 0.134 e. The van der Waals surface area contributed by atoms with E-state index < -0.39 is 0 Å². The van der Waals surface area contributed by atoms with E-state index in [-0.39, 0.29) is 0 Å². The summed E-state index contributed by atoms with van der Waals surface area (Å²) in [5.74, 6) is 0.566. The quantitative estimate of drug-likeness (QED) is 0.194. The van der Waals surface area contributed by atoms with Gasteiger partial charge in [-0.3, -0.25) is 0 Å². The zero-order valence-electron chi connectivity index (χ0n) is 21.2. The smallest absolute Gasteiger partial charge is 0.0536 e. The standard InChI is InChI=1S/C35H22S4/c1-19-12-24(14-22-8-4-5-9-25(19)22)29-18-33-35(39-29)27-16-30-26(15-31(27)37-33)34-32(36-30)17-28(38-34)23-11-10-20-6-2-3-7-21(20)13-23/h2-11,13-19H,12H2,1H3. The number of hydrogen-bond acceptors (Lipinski definition) is 4. The van der Waals surface area contributed by atoms with E-state index in [0.717, 1.165) is 6.42 Å². The van der Waals surface area contributed by atoms with Crippen molar-refractivity contribution in [1.82, 2.24) is 0 Å². The Balaban J connectivity index is 1.14. The second kappa shape index (κ2) is 8.36. The predicted octanol–water partition coefficient (Wildman–Crippen LogP) is 12.4. The van der Waals surface area contributed by atoms with Crippen LogP contribution in [0.2, 0.25) is 0 Å². The minimum Gasteiger partial charge on any atom is -0.134 e. The normalized spacial score (nSPS) is 15.6. The van der Waals surface area contributed by atoms with Gasteiger partial charge in [-0.1, -0.05) is 73.7 Å². The summed E-state index contributed by atoms with van der Waals surface area (Å²) in [6.07, 6.45) is 3.54. The molecule has 1 aliphatic carbocycles. The average Bonchev–Trinajstić information content (AvgIpc) is 3.71. The van der Waals surface area contributed by atoms with Crippen LogP contribution in [0.3, 0.4) is 0 Å². The highest BCUT2D eigenvalue weighted by molar-refractivity contribution is 7.35. The van der Waals surface area contributed by atoms with Crippen LogP contribution in [0.4, 0.5) is 0 Å². The molecule has 0 saturated heterocycles. The molecule has 1 unspecified atom stereocenters. The Labute approximate surface area is 242 Å². The maximum absolute atomic E-state index is 2.46. The molecule has 4 heteroatoms. The lowest BCUT2D eigenvalue weighted by molar-refractivity contribution is 0.784. The molecule has 39 heavy (non-hydrogen) atoms. The summed E-state index contributed by atoms with van der Waals surface area (Å²) >= 11 is 7.82. The van der Waals surface area contributed by atoms with E-state index in [1.54, 1.807) is 0 Å². The summed E-state index contributed by atoms with van der Waals surface area (Å²) < 4.78 is 8.52. The lowest BCUT2D eigenvalue weighted by atomic mass is 9.84. The van der Waals surface area contributed by atoms with E-state index in [4.69, 9.17) is 0 Å². The third kappa shape index (κ3) is 3.46. The van der Waals surface area contributed by atoms with Gasteiger partial charge in [0.25, 0.3) is 0 Å². The lowest BCUT2D eigenvalue weighted by Crippen LogP contribution is -2.02. The van der Waals surface area contributed by atoms with Gasteiger partial charge in [-0.15, -0.1) is 45.3 Å². The van der Waals surface area contributed by atoms with Crippen molar-refractivity contribution >= 4 is 107 Å². The molecule has 0 spiro atoms. The minimum atomic E-state index is 0.566. The fourth-order valence-corrected chi connectivity index (χ4v) is 11.3. The first-order chi connectivity index (χ1) is 19.2. The maximum atomic E-state index is 2.46. The number of benzene rings is 4. The minimum absolute atomic E-state index is 0.566. The molecule has 0 N–H and O–H groups in total. The van der Waals surface area contributed by atoms with Crippen molar-refractivity contribution in [1.29, 1.82) is 0 Å². The Kier molecular flexibility index (Phi) is 4.83. The molecule has 1 aliphatic rings. The van der Waals surface area contributed by atoms with Crippen LogP contribution in [0.5, 0.6) is 0 Å². The highest BCUT2D eigenvalue weighted by Crippen LogP contribution is 2.49. The highest BCUT2D eigenvalue weighted by Gasteiger charge is 2.21. The topological polar surface area (TPSA) is 0 Å². The Morgan fingerprint density at radius 1 is 0.590 bits per heavy atom. The van der Waals surface area contributed by atoms with E-state index >= 15 is 0 Å². The molecule has 4 aromatic heterocycles. The molecule has 0 bridgehead atoms. The number of rotatable bonds is 2. The second-order valence-electron chi connectivity index (χ2n) is 10.6.